The molecule has 2 aliphatic rings. The second-order valence-electron chi connectivity index (χ2n) is 5.44. The first kappa shape index (κ1) is 14.3. The van der Waals surface area contributed by atoms with E-state index in [1.54, 1.807) is 6.07 Å². The first-order chi connectivity index (χ1) is 8.72. The first-order valence-electron chi connectivity index (χ1n) is 6.73. The Kier molecular flexibility index (Phi) is 4.47. The smallest absolute Gasteiger partial charge is 0.273 e. The molecule has 0 bridgehead atoms. The standard InChI is InChI=1S/C13H19N3O2.ClH/c1-8-6-10(4-5-14-8)15-13(17)11-7-12(18-16-11)9-2-3-9;/h7-10,14H,2-6H2,1H3,(H,15,17);1H/t8-,10-;/m0./s1. The van der Waals surface area contributed by atoms with Crippen molar-refractivity contribution < 1.29 is 9.32 Å². The lowest BCUT2D eigenvalue weighted by Gasteiger charge is -2.28. The van der Waals surface area contributed by atoms with E-state index in [-0.39, 0.29) is 24.4 Å². The molecule has 19 heavy (non-hydrogen) atoms. The van der Waals surface area contributed by atoms with Crippen molar-refractivity contribution in [2.75, 3.05) is 6.54 Å². The molecule has 1 aliphatic heterocycles. The summed E-state index contributed by atoms with van der Waals surface area (Å²) in [6.07, 6.45) is 4.26. The fourth-order valence-corrected chi connectivity index (χ4v) is 2.48. The van der Waals surface area contributed by atoms with Crippen molar-refractivity contribution in [1.82, 2.24) is 15.8 Å². The van der Waals surface area contributed by atoms with Gasteiger partial charge in [-0.3, -0.25) is 4.79 Å². The molecule has 2 fully saturated rings. The van der Waals surface area contributed by atoms with Crippen LogP contribution in [0.4, 0.5) is 0 Å². The van der Waals surface area contributed by atoms with Crippen molar-refractivity contribution in [3.8, 4) is 0 Å². The van der Waals surface area contributed by atoms with E-state index in [1.165, 1.54) is 0 Å². The number of nitrogens with one attached hydrogen (secondary N) is 2. The topological polar surface area (TPSA) is 67.2 Å². The van der Waals surface area contributed by atoms with Gasteiger partial charge < -0.3 is 15.2 Å². The molecule has 2 atom stereocenters. The van der Waals surface area contributed by atoms with Gasteiger partial charge >= 0.3 is 0 Å². The van der Waals surface area contributed by atoms with Crippen LogP contribution in [0.1, 0.15) is 54.8 Å². The summed E-state index contributed by atoms with van der Waals surface area (Å²) in [4.78, 5) is 12.0. The molecule has 3 rings (SSSR count). The second-order valence-corrected chi connectivity index (χ2v) is 5.44. The highest BCUT2D eigenvalue weighted by atomic mass is 35.5. The predicted octanol–water partition coefficient (Wildman–Crippen LogP) is 1.84. The van der Waals surface area contributed by atoms with Crippen molar-refractivity contribution in [3.05, 3.63) is 17.5 Å². The Labute approximate surface area is 118 Å². The molecule has 106 valence electrons. The Balaban J connectivity index is 0.00000133. The SMILES string of the molecule is C[C@H]1C[C@@H](NC(=O)c2cc(C3CC3)on2)CCN1.Cl. The molecular formula is C13H20ClN3O2. The monoisotopic (exact) mass is 285 g/mol. The number of rotatable bonds is 3. The van der Waals surface area contributed by atoms with E-state index in [0.717, 1.165) is 38.0 Å². The molecule has 1 saturated heterocycles. The van der Waals surface area contributed by atoms with Crippen LogP contribution in [-0.2, 0) is 0 Å². The van der Waals surface area contributed by atoms with E-state index in [4.69, 9.17) is 4.52 Å². The largest absolute Gasteiger partial charge is 0.360 e. The zero-order valence-corrected chi connectivity index (χ0v) is 11.8. The predicted molar refractivity (Wildman–Crippen MR) is 73.7 cm³/mol. The Hall–Kier alpha value is -1.07. The number of carbonyl (C=O) groups is 1. The maximum atomic E-state index is 12.0. The van der Waals surface area contributed by atoms with Gasteiger partial charge in [0.2, 0.25) is 0 Å². The average molecular weight is 286 g/mol. The van der Waals surface area contributed by atoms with E-state index in [9.17, 15) is 4.79 Å². The molecule has 0 radical (unpaired) electrons. The zero-order valence-electron chi connectivity index (χ0n) is 11.0. The van der Waals surface area contributed by atoms with Crippen molar-refractivity contribution in [1.29, 1.82) is 0 Å². The van der Waals surface area contributed by atoms with E-state index in [0.29, 0.717) is 17.7 Å². The van der Waals surface area contributed by atoms with Gasteiger partial charge in [0.15, 0.2) is 5.69 Å². The molecule has 2 heterocycles. The number of nitrogens with zero attached hydrogens (tertiary/aromatic N) is 1. The Morgan fingerprint density at radius 1 is 1.47 bits per heavy atom. The highest BCUT2D eigenvalue weighted by Crippen LogP contribution is 2.40. The van der Waals surface area contributed by atoms with Crippen LogP contribution in [0.5, 0.6) is 0 Å². The van der Waals surface area contributed by atoms with Crippen LogP contribution in [0.15, 0.2) is 10.6 Å². The summed E-state index contributed by atoms with van der Waals surface area (Å²) in [7, 11) is 0. The third kappa shape index (κ3) is 3.48. The lowest BCUT2D eigenvalue weighted by atomic mass is 10.0. The van der Waals surface area contributed by atoms with Crippen molar-refractivity contribution in [2.45, 2.75) is 50.6 Å². The highest BCUT2D eigenvalue weighted by Gasteiger charge is 2.29. The van der Waals surface area contributed by atoms with E-state index < -0.39 is 0 Å². The molecule has 1 amide bonds. The quantitative estimate of drug-likeness (QED) is 0.889. The fourth-order valence-electron chi connectivity index (χ4n) is 2.48. The van der Waals surface area contributed by atoms with Gasteiger partial charge in [0.05, 0.1) is 0 Å². The van der Waals surface area contributed by atoms with Gasteiger partial charge in [-0.15, -0.1) is 12.4 Å². The summed E-state index contributed by atoms with van der Waals surface area (Å²) in [5, 5.41) is 10.3. The van der Waals surface area contributed by atoms with Gasteiger partial charge in [0.25, 0.3) is 5.91 Å². The molecule has 5 nitrogen and oxygen atoms in total. The van der Waals surface area contributed by atoms with Gasteiger partial charge in [-0.05, 0) is 39.2 Å². The number of amides is 1. The summed E-state index contributed by atoms with van der Waals surface area (Å²) in [5.41, 5.74) is 0.420. The minimum Gasteiger partial charge on any atom is -0.360 e. The molecule has 1 saturated carbocycles. The summed E-state index contributed by atoms with van der Waals surface area (Å²) in [5.74, 6) is 1.25. The second kappa shape index (κ2) is 5.92. The molecule has 6 heteroatoms. The van der Waals surface area contributed by atoms with Gasteiger partial charge in [-0.25, -0.2) is 0 Å². The van der Waals surface area contributed by atoms with Crippen molar-refractivity contribution in [2.24, 2.45) is 0 Å². The lowest BCUT2D eigenvalue weighted by Crippen LogP contribution is -2.46. The third-order valence-electron chi connectivity index (χ3n) is 3.70. The highest BCUT2D eigenvalue weighted by molar-refractivity contribution is 5.92. The zero-order chi connectivity index (χ0) is 12.5. The van der Waals surface area contributed by atoms with E-state index >= 15 is 0 Å². The molecule has 1 aromatic heterocycles. The third-order valence-corrected chi connectivity index (χ3v) is 3.70. The number of hydrogen-bond acceptors (Lipinski definition) is 4. The summed E-state index contributed by atoms with van der Waals surface area (Å²) in [6, 6.07) is 2.50. The van der Waals surface area contributed by atoms with Gasteiger partial charge in [0, 0.05) is 24.1 Å². The Morgan fingerprint density at radius 2 is 2.26 bits per heavy atom. The number of piperidine rings is 1. The Morgan fingerprint density at radius 3 is 2.95 bits per heavy atom. The molecule has 0 unspecified atom stereocenters. The van der Waals surface area contributed by atoms with Crippen LogP contribution < -0.4 is 10.6 Å². The minimum atomic E-state index is -0.107. The first-order valence-corrected chi connectivity index (χ1v) is 6.73. The maximum Gasteiger partial charge on any atom is 0.273 e. The van der Waals surface area contributed by atoms with E-state index in [2.05, 4.69) is 22.7 Å². The van der Waals surface area contributed by atoms with Crippen LogP contribution in [-0.4, -0.2) is 29.7 Å². The number of halogens is 1. The summed E-state index contributed by atoms with van der Waals surface area (Å²) < 4.78 is 5.20. The Bertz CT molecular complexity index is 445. The molecular weight excluding hydrogens is 266 g/mol. The lowest BCUT2D eigenvalue weighted by molar-refractivity contribution is 0.0916. The molecule has 0 spiro atoms. The van der Waals surface area contributed by atoms with Gasteiger partial charge in [0.1, 0.15) is 5.76 Å². The van der Waals surface area contributed by atoms with Crippen LogP contribution in [0.2, 0.25) is 0 Å². The van der Waals surface area contributed by atoms with Crippen molar-refractivity contribution in [3.63, 3.8) is 0 Å². The number of carbonyl (C=O) groups excluding carboxylic acids is 1. The molecule has 1 aliphatic carbocycles. The minimum absolute atomic E-state index is 0. The van der Waals surface area contributed by atoms with Crippen LogP contribution in [0, 0.1) is 0 Å². The van der Waals surface area contributed by atoms with Gasteiger partial charge in [-0.2, -0.15) is 0 Å². The number of aromatic nitrogens is 1. The maximum absolute atomic E-state index is 12.0. The average Bonchev–Trinajstić information content (AvgIpc) is 3.07. The molecule has 0 aromatic carbocycles. The summed E-state index contributed by atoms with van der Waals surface area (Å²) >= 11 is 0. The van der Waals surface area contributed by atoms with Crippen molar-refractivity contribution >= 4 is 18.3 Å². The normalized spacial score (nSPS) is 26.6. The number of hydrogen-bond donors (Lipinski definition) is 2. The molecule has 1 aromatic rings. The summed E-state index contributed by atoms with van der Waals surface area (Å²) in [6.45, 7) is 3.10. The van der Waals surface area contributed by atoms with Crippen LogP contribution >= 0.6 is 12.4 Å². The van der Waals surface area contributed by atoms with Crippen LogP contribution in [0.25, 0.3) is 0 Å². The van der Waals surface area contributed by atoms with Crippen LogP contribution in [0.3, 0.4) is 0 Å². The van der Waals surface area contributed by atoms with E-state index in [1.807, 2.05) is 0 Å². The molecule has 2 N–H and O–H groups in total. The fraction of sp³-hybridized carbons (Fsp3) is 0.692. The van der Waals surface area contributed by atoms with Gasteiger partial charge in [-0.1, -0.05) is 5.16 Å².